The van der Waals surface area contributed by atoms with Crippen molar-refractivity contribution in [3.63, 3.8) is 0 Å². The fourth-order valence-electron chi connectivity index (χ4n) is 2.29. The maximum Gasteiger partial charge on any atom is 0.133 e. The fourth-order valence-corrected chi connectivity index (χ4v) is 3.36. The highest BCUT2D eigenvalue weighted by Crippen LogP contribution is 2.30. The molecule has 0 amide bonds. The van der Waals surface area contributed by atoms with Crippen LogP contribution in [-0.2, 0) is 7.05 Å². The van der Waals surface area contributed by atoms with Gasteiger partial charge in [-0.15, -0.1) is 11.3 Å². The molecule has 0 aliphatic heterocycles. The maximum atomic E-state index is 6.02. The molecule has 0 radical (unpaired) electrons. The zero-order chi connectivity index (χ0) is 14.8. The molecular weight excluding hydrogens is 306 g/mol. The van der Waals surface area contributed by atoms with E-state index >= 15 is 0 Å². The molecule has 110 valence electrons. The predicted octanol–water partition coefficient (Wildman–Crippen LogP) is 4.17. The Balaban J connectivity index is 1.88. The third-order valence-corrected chi connectivity index (χ3v) is 4.80. The Labute approximate surface area is 132 Å². The number of nitrogens with zero attached hydrogens (tertiary/aromatic N) is 2. The number of hydrogen-bond donors (Lipinski definition) is 1. The summed E-state index contributed by atoms with van der Waals surface area (Å²) in [5.41, 5.74) is 0. The van der Waals surface area contributed by atoms with Crippen molar-refractivity contribution in [2.45, 2.75) is 19.0 Å². The molecule has 0 aliphatic carbocycles. The number of nitrogens with one attached hydrogen (secondary N) is 1. The standard InChI is InChI=1S/C15H16ClN3OS/c1-10(12-5-6-13(16)21-12)18-14(11-4-3-9-20-11)15-17-7-8-19(15)2/h3-10,14,18H,1-2H3. The van der Waals surface area contributed by atoms with E-state index in [1.807, 2.05) is 42.1 Å². The van der Waals surface area contributed by atoms with Crippen LogP contribution in [0.25, 0.3) is 0 Å². The fraction of sp³-hybridized carbons (Fsp3) is 0.267. The first kappa shape index (κ1) is 14.4. The number of rotatable bonds is 5. The van der Waals surface area contributed by atoms with Crippen LogP contribution in [0.4, 0.5) is 0 Å². The third kappa shape index (κ3) is 3.05. The van der Waals surface area contributed by atoms with Gasteiger partial charge in [0.2, 0.25) is 0 Å². The average Bonchev–Trinajstić information content (AvgIpc) is 3.17. The van der Waals surface area contributed by atoms with Gasteiger partial charge in [0.1, 0.15) is 17.6 Å². The van der Waals surface area contributed by atoms with Crippen LogP contribution in [0.2, 0.25) is 4.34 Å². The van der Waals surface area contributed by atoms with Crippen molar-refractivity contribution in [1.82, 2.24) is 14.9 Å². The molecule has 4 nitrogen and oxygen atoms in total. The summed E-state index contributed by atoms with van der Waals surface area (Å²) in [6.07, 6.45) is 5.40. The van der Waals surface area contributed by atoms with Gasteiger partial charge in [0.25, 0.3) is 0 Å². The predicted molar refractivity (Wildman–Crippen MR) is 84.6 cm³/mol. The van der Waals surface area contributed by atoms with Gasteiger partial charge in [0.05, 0.1) is 10.6 Å². The Morgan fingerprint density at radius 1 is 1.38 bits per heavy atom. The summed E-state index contributed by atoms with van der Waals surface area (Å²) >= 11 is 7.60. The Morgan fingerprint density at radius 2 is 2.24 bits per heavy atom. The smallest absolute Gasteiger partial charge is 0.133 e. The van der Waals surface area contributed by atoms with E-state index in [2.05, 4.69) is 17.2 Å². The van der Waals surface area contributed by atoms with Gasteiger partial charge in [0, 0.05) is 30.4 Å². The highest BCUT2D eigenvalue weighted by Gasteiger charge is 2.23. The summed E-state index contributed by atoms with van der Waals surface area (Å²) in [6.45, 7) is 2.11. The molecule has 1 N–H and O–H groups in total. The molecule has 3 aromatic rings. The van der Waals surface area contributed by atoms with Crippen LogP contribution in [0.5, 0.6) is 0 Å². The van der Waals surface area contributed by atoms with E-state index < -0.39 is 0 Å². The number of aromatic nitrogens is 2. The number of halogens is 1. The molecule has 0 spiro atoms. The minimum Gasteiger partial charge on any atom is -0.467 e. The average molecular weight is 322 g/mol. The lowest BCUT2D eigenvalue weighted by atomic mass is 10.1. The zero-order valence-corrected chi connectivity index (χ0v) is 13.4. The molecule has 0 aliphatic rings. The minimum absolute atomic E-state index is 0.101. The molecule has 0 saturated carbocycles. The molecule has 21 heavy (non-hydrogen) atoms. The van der Waals surface area contributed by atoms with Crippen molar-refractivity contribution in [2.75, 3.05) is 0 Å². The van der Waals surface area contributed by atoms with Crippen molar-refractivity contribution in [3.05, 3.63) is 63.7 Å². The Bertz CT molecular complexity index is 704. The van der Waals surface area contributed by atoms with Crippen LogP contribution in [-0.4, -0.2) is 9.55 Å². The van der Waals surface area contributed by atoms with E-state index in [9.17, 15) is 0 Å². The Hall–Kier alpha value is -1.56. The molecule has 0 bridgehead atoms. The SMILES string of the molecule is CC(NC(c1ccco1)c1nccn1C)c1ccc(Cl)s1. The lowest BCUT2D eigenvalue weighted by Crippen LogP contribution is -2.27. The zero-order valence-electron chi connectivity index (χ0n) is 11.8. The van der Waals surface area contributed by atoms with E-state index in [0.717, 1.165) is 15.9 Å². The summed E-state index contributed by atoms with van der Waals surface area (Å²) in [5.74, 6) is 1.76. The summed E-state index contributed by atoms with van der Waals surface area (Å²) in [5, 5.41) is 3.57. The Kier molecular flexibility index (Phi) is 4.14. The van der Waals surface area contributed by atoms with E-state index in [4.69, 9.17) is 16.0 Å². The number of imidazole rings is 1. The summed E-state index contributed by atoms with van der Waals surface area (Å²) in [7, 11) is 1.98. The van der Waals surface area contributed by atoms with Crippen molar-refractivity contribution in [2.24, 2.45) is 7.05 Å². The summed E-state index contributed by atoms with van der Waals surface area (Å²) < 4.78 is 8.37. The first-order valence-corrected chi connectivity index (χ1v) is 7.86. The molecule has 3 aromatic heterocycles. The number of furan rings is 1. The normalized spacial score (nSPS) is 14.2. The van der Waals surface area contributed by atoms with Crippen molar-refractivity contribution in [1.29, 1.82) is 0 Å². The molecule has 3 heterocycles. The van der Waals surface area contributed by atoms with Crippen LogP contribution in [0.3, 0.4) is 0 Å². The van der Waals surface area contributed by atoms with Gasteiger partial charge in [-0.2, -0.15) is 0 Å². The van der Waals surface area contributed by atoms with E-state index in [1.165, 1.54) is 4.88 Å². The second-order valence-electron chi connectivity index (χ2n) is 4.88. The number of thiophene rings is 1. The molecule has 0 saturated heterocycles. The maximum absolute atomic E-state index is 6.02. The van der Waals surface area contributed by atoms with Gasteiger partial charge < -0.3 is 8.98 Å². The van der Waals surface area contributed by atoms with Crippen LogP contribution < -0.4 is 5.32 Å². The first-order valence-electron chi connectivity index (χ1n) is 6.67. The third-order valence-electron chi connectivity index (χ3n) is 3.38. The quantitative estimate of drug-likeness (QED) is 0.767. The van der Waals surface area contributed by atoms with Crippen LogP contribution >= 0.6 is 22.9 Å². The second-order valence-corrected chi connectivity index (χ2v) is 6.62. The van der Waals surface area contributed by atoms with Crippen LogP contribution in [0.15, 0.2) is 47.3 Å². The van der Waals surface area contributed by atoms with E-state index in [1.54, 1.807) is 23.8 Å². The molecule has 2 unspecified atom stereocenters. The van der Waals surface area contributed by atoms with Gasteiger partial charge in [0.15, 0.2) is 0 Å². The highest BCUT2D eigenvalue weighted by atomic mass is 35.5. The van der Waals surface area contributed by atoms with Crippen LogP contribution in [0, 0.1) is 0 Å². The second kappa shape index (κ2) is 6.05. The Morgan fingerprint density at radius 3 is 2.81 bits per heavy atom. The van der Waals surface area contributed by atoms with Crippen molar-refractivity contribution >= 4 is 22.9 Å². The monoisotopic (exact) mass is 321 g/mol. The molecular formula is C15H16ClN3OS. The largest absolute Gasteiger partial charge is 0.467 e. The van der Waals surface area contributed by atoms with E-state index in [-0.39, 0.29) is 12.1 Å². The van der Waals surface area contributed by atoms with Crippen molar-refractivity contribution < 1.29 is 4.42 Å². The molecule has 2 atom stereocenters. The van der Waals surface area contributed by atoms with Crippen LogP contribution in [0.1, 0.15) is 35.5 Å². The molecule has 0 aromatic carbocycles. The highest BCUT2D eigenvalue weighted by molar-refractivity contribution is 7.16. The molecule has 6 heteroatoms. The lowest BCUT2D eigenvalue weighted by molar-refractivity contribution is 0.405. The topological polar surface area (TPSA) is 43.0 Å². The van der Waals surface area contributed by atoms with Gasteiger partial charge >= 0.3 is 0 Å². The van der Waals surface area contributed by atoms with Gasteiger partial charge in [-0.05, 0) is 31.2 Å². The molecule has 3 rings (SSSR count). The number of aryl methyl sites for hydroxylation is 1. The summed E-state index contributed by atoms with van der Waals surface area (Å²) in [4.78, 5) is 5.63. The first-order chi connectivity index (χ1) is 10.1. The summed E-state index contributed by atoms with van der Waals surface area (Å²) in [6, 6.07) is 7.86. The minimum atomic E-state index is -0.101. The van der Waals surface area contributed by atoms with Gasteiger partial charge in [-0.1, -0.05) is 11.6 Å². The molecule has 0 fully saturated rings. The lowest BCUT2D eigenvalue weighted by Gasteiger charge is -2.21. The van der Waals surface area contributed by atoms with Gasteiger partial charge in [-0.3, -0.25) is 5.32 Å². The number of hydrogen-bond acceptors (Lipinski definition) is 4. The van der Waals surface area contributed by atoms with E-state index in [0.29, 0.717) is 0 Å². The van der Waals surface area contributed by atoms with Crippen molar-refractivity contribution in [3.8, 4) is 0 Å². The van der Waals surface area contributed by atoms with Gasteiger partial charge in [-0.25, -0.2) is 4.98 Å².